The van der Waals surface area contributed by atoms with Gasteiger partial charge in [0.05, 0.1) is 128 Å². The third-order valence-corrected chi connectivity index (χ3v) is 12.3. The number of rotatable bonds is 36. The molecule has 0 radical (unpaired) electrons. The van der Waals surface area contributed by atoms with Gasteiger partial charge in [-0.3, -0.25) is 24.2 Å². The van der Waals surface area contributed by atoms with Crippen LogP contribution in [0.4, 0.5) is 5.69 Å². The number of hydrogen-bond donors (Lipinski definition) is 5. The first-order chi connectivity index (χ1) is 35.2. The number of nitrogen functional groups attached to an aromatic ring is 1. The summed E-state index contributed by atoms with van der Waals surface area (Å²) in [7, 11) is -10.4. The minimum absolute atomic E-state index is 0.00335. The predicted molar refractivity (Wildman–Crippen MR) is 261 cm³/mol. The highest BCUT2D eigenvalue weighted by atomic mass is 32.2. The Labute approximate surface area is 416 Å². The second-order valence-electron chi connectivity index (χ2n) is 15.3. The SMILES string of the molecule is [N-]=[N+]=NCCOCCOCCOCCN(CCOCCOCCNC(=O)c1ccc2c(=O)oc3cc(N)c(S(=O)(=O)O)c4oc5c(S(=O)(=O)O)c(=N)ccc5c(c2c1)c34)CCOCCOCCOCCN=[N+]=[N-]. The van der Waals surface area contributed by atoms with Crippen LogP contribution in [0.3, 0.4) is 0 Å². The molecule has 398 valence electrons. The number of nitrogens with zero attached hydrogens (tertiary/aromatic N) is 7. The Balaban J connectivity index is 1.13. The van der Waals surface area contributed by atoms with E-state index in [1.54, 1.807) is 0 Å². The predicted octanol–water partition coefficient (Wildman–Crippen LogP) is 3.19. The van der Waals surface area contributed by atoms with Crippen molar-refractivity contribution < 1.29 is 77.5 Å². The van der Waals surface area contributed by atoms with Gasteiger partial charge >= 0.3 is 5.63 Å². The summed E-state index contributed by atoms with van der Waals surface area (Å²) >= 11 is 0. The smallest absolute Gasteiger partial charge is 0.344 e. The summed E-state index contributed by atoms with van der Waals surface area (Å²) in [5.41, 5.74) is 19.2. The Kier molecular flexibility index (Phi) is 23.5. The van der Waals surface area contributed by atoms with Crippen molar-refractivity contribution in [2.75, 3.05) is 151 Å². The molecule has 0 atom stereocenters. The van der Waals surface area contributed by atoms with E-state index >= 15 is 0 Å². The maximum absolute atomic E-state index is 13.5. The van der Waals surface area contributed by atoms with Gasteiger partial charge in [0.1, 0.15) is 5.58 Å². The van der Waals surface area contributed by atoms with Crippen molar-refractivity contribution in [1.29, 1.82) is 5.41 Å². The largest absolute Gasteiger partial charge is 0.453 e. The van der Waals surface area contributed by atoms with Crippen LogP contribution in [0.25, 0.3) is 64.6 Å². The van der Waals surface area contributed by atoms with E-state index in [2.05, 4.69) is 30.3 Å². The molecule has 2 heterocycles. The van der Waals surface area contributed by atoms with Gasteiger partial charge in [0.15, 0.2) is 21.0 Å². The molecule has 73 heavy (non-hydrogen) atoms. The number of carbonyl (C=O) groups is 1. The van der Waals surface area contributed by atoms with Gasteiger partial charge in [-0.15, -0.1) is 0 Å². The summed E-state index contributed by atoms with van der Waals surface area (Å²) in [4.78, 5) is 32.4. The number of anilines is 1. The number of carbonyl (C=O) groups excluding carboxylic acids is 1. The third-order valence-electron chi connectivity index (χ3n) is 10.4. The van der Waals surface area contributed by atoms with E-state index in [0.717, 1.165) is 12.1 Å². The Morgan fingerprint density at radius 3 is 1.62 bits per heavy atom. The molecule has 0 fully saturated rings. The molecule has 0 spiro atoms. The minimum Gasteiger partial charge on any atom is -0.453 e. The van der Waals surface area contributed by atoms with Crippen LogP contribution in [0, 0.1) is 5.41 Å². The van der Waals surface area contributed by atoms with E-state index in [4.69, 9.17) is 68.9 Å². The van der Waals surface area contributed by atoms with Crippen LogP contribution in [0.2, 0.25) is 0 Å². The second kappa shape index (κ2) is 29.6. The van der Waals surface area contributed by atoms with Gasteiger partial charge in [-0.05, 0) is 46.8 Å². The molecule has 2 aromatic heterocycles. The van der Waals surface area contributed by atoms with Crippen LogP contribution < -0.4 is 22.0 Å². The molecule has 28 nitrogen and oxygen atoms in total. The van der Waals surface area contributed by atoms with Gasteiger partial charge in [-0.2, -0.15) is 16.8 Å². The number of fused-ring (bicyclic) bond motifs is 4. The normalized spacial score (nSPS) is 12.0. The van der Waals surface area contributed by atoms with E-state index in [0.29, 0.717) is 106 Å². The summed E-state index contributed by atoms with van der Waals surface area (Å²) in [6.45, 7) is 7.67. The monoisotopic (exact) mass is 1060 g/mol. The second-order valence-corrected chi connectivity index (χ2v) is 18.0. The topological polar surface area (TPSA) is 406 Å². The molecule has 0 bridgehead atoms. The number of nitrogens with two attached hydrogens (primary N) is 1. The van der Waals surface area contributed by atoms with E-state index < -0.39 is 63.8 Å². The average Bonchev–Trinajstić information content (AvgIpc) is 3.46. The fraction of sp³-hybridized carbons (Fsp3) is 0.512. The Morgan fingerprint density at radius 2 is 1.11 bits per heavy atom. The lowest BCUT2D eigenvalue weighted by Gasteiger charge is -2.22. The molecule has 0 saturated heterocycles. The highest BCUT2D eigenvalue weighted by Crippen LogP contribution is 2.42. The van der Waals surface area contributed by atoms with Crippen molar-refractivity contribution >= 4 is 75.5 Å². The molecule has 0 saturated carbocycles. The summed E-state index contributed by atoms with van der Waals surface area (Å²) in [6, 6.07) is 7.12. The third kappa shape index (κ3) is 17.6. The van der Waals surface area contributed by atoms with Crippen LogP contribution in [0.5, 0.6) is 0 Å². The number of benzene rings is 3. The molecular weight excluding hydrogens is 1010 g/mol. The number of ether oxygens (including phenoxy) is 8. The van der Waals surface area contributed by atoms with E-state index in [1.807, 2.05) is 0 Å². The lowest BCUT2D eigenvalue weighted by molar-refractivity contribution is -0.00201. The van der Waals surface area contributed by atoms with Crippen LogP contribution in [-0.4, -0.2) is 182 Å². The molecule has 0 aliphatic heterocycles. The van der Waals surface area contributed by atoms with Crippen molar-refractivity contribution in [3.05, 3.63) is 78.6 Å². The zero-order valence-corrected chi connectivity index (χ0v) is 41.1. The summed E-state index contributed by atoms with van der Waals surface area (Å²) in [6.07, 6.45) is 0. The maximum atomic E-state index is 13.5. The van der Waals surface area contributed by atoms with E-state index in [9.17, 15) is 35.5 Å². The number of amides is 1. The Hall–Kier alpha value is -6.05. The van der Waals surface area contributed by atoms with Gasteiger partial charge < -0.3 is 57.8 Å². The molecule has 1 amide bonds. The van der Waals surface area contributed by atoms with Crippen LogP contribution in [-0.2, 0) is 58.1 Å². The standard InChI is InChI=1S/C43H56N10O18S2/c44-33-4-3-31-36-32-27-29(1-2-30(32)43(55)70-35-28-34(45)41(73(59,60)61)39(37(35)36)71-38(31)40(33)72(56,57)58)42(54)48-5-11-62-17-20-65-14-8-53(9-15-66-21-25-68-23-18-63-12-6-49-51-46)10-16-67-22-26-69-24-19-64-13-7-50-52-47/h1-4,27-28,44H,5-26,45H2,(H,48,54)(H,56,57,58)(H,59,60,61). The lowest BCUT2D eigenvalue weighted by atomic mass is 9.99. The van der Waals surface area contributed by atoms with Crippen LogP contribution >= 0.6 is 0 Å². The van der Waals surface area contributed by atoms with Crippen LogP contribution in [0.15, 0.2) is 70.0 Å². The van der Waals surface area contributed by atoms with Crippen molar-refractivity contribution in [1.82, 2.24) is 10.2 Å². The quantitative estimate of drug-likeness (QED) is 0.00731. The summed E-state index contributed by atoms with van der Waals surface area (Å²) in [5.74, 6) is -0.618. The fourth-order valence-electron chi connectivity index (χ4n) is 7.14. The van der Waals surface area contributed by atoms with E-state index in [-0.39, 0.29) is 77.5 Å². The lowest BCUT2D eigenvalue weighted by Crippen LogP contribution is -2.34. The zero-order valence-electron chi connectivity index (χ0n) is 39.5. The first kappa shape index (κ1) is 57.8. The first-order valence-electron chi connectivity index (χ1n) is 22.5. The molecule has 6 N–H and O–H groups in total. The van der Waals surface area contributed by atoms with Gasteiger partial charge in [-0.25, -0.2) is 4.79 Å². The van der Waals surface area contributed by atoms with Crippen molar-refractivity contribution in [3.63, 3.8) is 0 Å². The molecule has 0 aliphatic carbocycles. The highest BCUT2D eigenvalue weighted by molar-refractivity contribution is 7.86. The van der Waals surface area contributed by atoms with Crippen LogP contribution in [0.1, 0.15) is 10.4 Å². The molecule has 0 unspecified atom stereocenters. The van der Waals surface area contributed by atoms with Gasteiger partial charge in [0, 0.05) is 71.5 Å². The van der Waals surface area contributed by atoms with Crippen molar-refractivity contribution in [2.45, 2.75) is 9.79 Å². The van der Waals surface area contributed by atoms with Crippen molar-refractivity contribution in [3.8, 4) is 0 Å². The summed E-state index contributed by atoms with van der Waals surface area (Å²) < 4.78 is 127. The molecular formula is C43H56N10O18S2. The Bertz CT molecular complexity index is 3070. The number of hydrogen-bond acceptors (Lipinski definition) is 21. The minimum atomic E-state index is -5.21. The molecule has 5 rings (SSSR count). The number of nitrogens with one attached hydrogen (secondary N) is 2. The zero-order chi connectivity index (χ0) is 52.6. The average molecular weight is 1070 g/mol. The fourth-order valence-corrected chi connectivity index (χ4v) is 8.60. The highest BCUT2D eigenvalue weighted by Gasteiger charge is 2.29. The molecule has 0 aliphatic rings. The van der Waals surface area contributed by atoms with Gasteiger partial charge in [0.25, 0.3) is 26.1 Å². The van der Waals surface area contributed by atoms with E-state index in [1.165, 1.54) is 24.3 Å². The molecule has 30 heteroatoms. The molecule has 3 aromatic carbocycles. The molecule has 5 aromatic rings. The van der Waals surface area contributed by atoms with Crippen molar-refractivity contribution in [2.24, 2.45) is 10.2 Å². The van der Waals surface area contributed by atoms with Gasteiger partial charge in [-0.1, -0.05) is 10.2 Å². The van der Waals surface area contributed by atoms with Gasteiger partial charge in [0.2, 0.25) is 0 Å². The summed E-state index contributed by atoms with van der Waals surface area (Å²) in [5, 5.41) is 16.3. The first-order valence-corrected chi connectivity index (χ1v) is 25.4. The Morgan fingerprint density at radius 1 is 0.630 bits per heavy atom. The maximum Gasteiger partial charge on any atom is 0.344 e. The number of azide groups is 2.